The number of fused-ring (bicyclic) bond motifs is 1. The molecule has 2 heterocycles. The Morgan fingerprint density at radius 2 is 1.90 bits per heavy atom. The minimum Gasteiger partial charge on any atom is -0.334 e. The molecule has 0 saturated carbocycles. The van der Waals surface area contributed by atoms with Crippen LogP contribution in [-0.2, 0) is 17.9 Å². The van der Waals surface area contributed by atoms with Crippen LogP contribution in [0.3, 0.4) is 0 Å². The van der Waals surface area contributed by atoms with Gasteiger partial charge >= 0.3 is 0 Å². The molecule has 31 heavy (non-hydrogen) atoms. The quantitative estimate of drug-likeness (QED) is 0.463. The Balaban J connectivity index is 1.62. The van der Waals surface area contributed by atoms with Gasteiger partial charge in [0.1, 0.15) is 18.3 Å². The van der Waals surface area contributed by atoms with E-state index >= 15 is 0 Å². The van der Waals surface area contributed by atoms with Crippen molar-refractivity contribution in [1.29, 1.82) is 0 Å². The van der Waals surface area contributed by atoms with Crippen LogP contribution in [0.4, 0.5) is 0 Å². The van der Waals surface area contributed by atoms with Crippen molar-refractivity contribution in [3.05, 3.63) is 88.1 Å². The smallest absolute Gasteiger partial charge is 0.264 e. The summed E-state index contributed by atoms with van der Waals surface area (Å²) in [4.78, 5) is 32.2. The third-order valence-electron chi connectivity index (χ3n) is 5.05. The number of hydrogen-bond donors (Lipinski definition) is 0. The summed E-state index contributed by atoms with van der Waals surface area (Å²) in [7, 11) is 0. The van der Waals surface area contributed by atoms with Crippen LogP contribution in [0.15, 0.2) is 71.9 Å². The van der Waals surface area contributed by atoms with E-state index in [-0.39, 0.29) is 24.1 Å². The van der Waals surface area contributed by atoms with Crippen LogP contribution in [0.5, 0.6) is 0 Å². The molecule has 0 fully saturated rings. The summed E-state index contributed by atoms with van der Waals surface area (Å²) in [5.41, 5.74) is 1.85. The molecule has 0 aliphatic carbocycles. The Morgan fingerprint density at radius 3 is 2.61 bits per heavy atom. The third-order valence-corrected chi connectivity index (χ3v) is 5.29. The summed E-state index contributed by atoms with van der Waals surface area (Å²) in [6.45, 7) is 4.31. The summed E-state index contributed by atoms with van der Waals surface area (Å²) in [6.07, 6.45) is 2.86. The SMILES string of the molecule is CC(C)N(Cc1ccccc1)C(=O)Cn1cnc2c(cnn2-c2cccc(Cl)c2)c1=O. The highest BCUT2D eigenvalue weighted by atomic mass is 35.5. The van der Waals surface area contributed by atoms with E-state index in [1.54, 1.807) is 27.8 Å². The summed E-state index contributed by atoms with van der Waals surface area (Å²) in [5.74, 6) is -0.149. The van der Waals surface area contributed by atoms with Crippen LogP contribution in [0.2, 0.25) is 5.02 Å². The normalized spacial score (nSPS) is 11.2. The lowest BCUT2D eigenvalue weighted by Crippen LogP contribution is -2.40. The molecule has 1 amide bonds. The molecule has 0 radical (unpaired) electrons. The molecule has 0 aliphatic rings. The average molecular weight is 436 g/mol. The van der Waals surface area contributed by atoms with Crippen molar-refractivity contribution in [3.63, 3.8) is 0 Å². The number of halogens is 1. The zero-order valence-electron chi connectivity index (χ0n) is 17.3. The summed E-state index contributed by atoms with van der Waals surface area (Å²) in [6, 6.07) is 16.9. The number of carbonyl (C=O) groups is 1. The maximum absolute atomic E-state index is 13.0. The van der Waals surface area contributed by atoms with Crippen LogP contribution in [-0.4, -0.2) is 36.2 Å². The van der Waals surface area contributed by atoms with Gasteiger partial charge in [-0.15, -0.1) is 0 Å². The molecule has 0 atom stereocenters. The molecule has 2 aromatic carbocycles. The van der Waals surface area contributed by atoms with Crippen molar-refractivity contribution in [3.8, 4) is 5.69 Å². The molecular formula is C23H22ClN5O2. The lowest BCUT2D eigenvalue weighted by atomic mass is 10.2. The van der Waals surface area contributed by atoms with E-state index < -0.39 is 0 Å². The Bertz CT molecular complexity index is 1280. The Hall–Kier alpha value is -3.45. The van der Waals surface area contributed by atoms with E-state index in [1.165, 1.54) is 17.1 Å². The van der Waals surface area contributed by atoms with Gasteiger partial charge in [0.05, 0.1) is 11.9 Å². The van der Waals surface area contributed by atoms with E-state index in [4.69, 9.17) is 11.6 Å². The summed E-state index contributed by atoms with van der Waals surface area (Å²) < 4.78 is 2.89. The predicted molar refractivity (Wildman–Crippen MR) is 120 cm³/mol. The molecule has 2 aromatic heterocycles. The second kappa shape index (κ2) is 8.73. The molecule has 158 valence electrons. The highest BCUT2D eigenvalue weighted by molar-refractivity contribution is 6.30. The molecule has 0 bridgehead atoms. The van der Waals surface area contributed by atoms with E-state index in [1.807, 2.05) is 50.2 Å². The lowest BCUT2D eigenvalue weighted by Gasteiger charge is -2.27. The number of hydrogen-bond acceptors (Lipinski definition) is 4. The van der Waals surface area contributed by atoms with Crippen molar-refractivity contribution in [2.75, 3.05) is 0 Å². The fourth-order valence-corrected chi connectivity index (χ4v) is 3.62. The minimum absolute atomic E-state index is 0.00863. The number of rotatable bonds is 6. The first-order valence-corrected chi connectivity index (χ1v) is 10.3. The van der Waals surface area contributed by atoms with Gasteiger partial charge in [-0.05, 0) is 37.6 Å². The highest BCUT2D eigenvalue weighted by Crippen LogP contribution is 2.17. The van der Waals surface area contributed by atoms with Crippen LogP contribution in [0, 0.1) is 0 Å². The lowest BCUT2D eigenvalue weighted by molar-refractivity contribution is -0.134. The standard InChI is InChI=1S/C23H22ClN5O2/c1-16(2)28(13-17-7-4-3-5-8-17)21(30)14-27-15-25-22-20(23(27)31)12-26-29(22)19-10-6-9-18(24)11-19/h3-12,15-16H,13-14H2,1-2H3. The number of amides is 1. The number of nitrogens with zero attached hydrogens (tertiary/aromatic N) is 5. The van der Waals surface area contributed by atoms with Crippen LogP contribution < -0.4 is 5.56 Å². The topological polar surface area (TPSA) is 73.0 Å². The van der Waals surface area contributed by atoms with Gasteiger partial charge in [0, 0.05) is 17.6 Å². The van der Waals surface area contributed by atoms with Crippen LogP contribution in [0.25, 0.3) is 16.7 Å². The zero-order valence-corrected chi connectivity index (χ0v) is 18.0. The van der Waals surface area contributed by atoms with Crippen molar-refractivity contribution < 1.29 is 4.79 Å². The van der Waals surface area contributed by atoms with Gasteiger partial charge in [-0.25, -0.2) is 9.67 Å². The Kier molecular flexibility index (Phi) is 5.86. The molecule has 8 heteroatoms. The molecular weight excluding hydrogens is 414 g/mol. The summed E-state index contributed by atoms with van der Waals surface area (Å²) >= 11 is 6.07. The molecule has 0 N–H and O–H groups in total. The zero-order chi connectivity index (χ0) is 22.0. The van der Waals surface area contributed by atoms with Gasteiger partial charge in [0.15, 0.2) is 5.65 Å². The first-order valence-electron chi connectivity index (χ1n) is 9.96. The maximum Gasteiger partial charge on any atom is 0.264 e. The van der Waals surface area contributed by atoms with Gasteiger partial charge in [0.2, 0.25) is 5.91 Å². The molecule has 0 saturated heterocycles. The van der Waals surface area contributed by atoms with E-state index in [9.17, 15) is 9.59 Å². The van der Waals surface area contributed by atoms with Gasteiger partial charge < -0.3 is 4.90 Å². The van der Waals surface area contributed by atoms with Crippen molar-refractivity contribution in [1.82, 2.24) is 24.2 Å². The van der Waals surface area contributed by atoms with Crippen LogP contribution >= 0.6 is 11.6 Å². The van der Waals surface area contributed by atoms with E-state index in [2.05, 4.69) is 10.1 Å². The highest BCUT2D eigenvalue weighted by Gasteiger charge is 2.20. The van der Waals surface area contributed by atoms with E-state index in [0.29, 0.717) is 28.3 Å². The number of carbonyl (C=O) groups excluding carboxylic acids is 1. The Morgan fingerprint density at radius 1 is 1.13 bits per heavy atom. The molecule has 0 aliphatic heterocycles. The van der Waals surface area contributed by atoms with Crippen molar-refractivity contribution >= 4 is 28.5 Å². The van der Waals surface area contributed by atoms with Gasteiger partial charge in [-0.2, -0.15) is 5.10 Å². The van der Waals surface area contributed by atoms with Crippen molar-refractivity contribution in [2.45, 2.75) is 33.0 Å². The third kappa shape index (κ3) is 4.36. The fraction of sp³-hybridized carbons (Fsp3) is 0.217. The minimum atomic E-state index is -0.310. The molecule has 7 nitrogen and oxygen atoms in total. The first-order chi connectivity index (χ1) is 14.9. The molecule has 4 rings (SSSR count). The fourth-order valence-electron chi connectivity index (χ4n) is 3.43. The monoisotopic (exact) mass is 435 g/mol. The molecule has 0 spiro atoms. The van der Waals surface area contributed by atoms with E-state index in [0.717, 1.165) is 5.56 Å². The molecule has 4 aromatic rings. The van der Waals surface area contributed by atoms with Gasteiger partial charge in [-0.1, -0.05) is 48.0 Å². The number of aromatic nitrogens is 4. The second-order valence-corrected chi connectivity index (χ2v) is 7.99. The maximum atomic E-state index is 13.0. The predicted octanol–water partition coefficient (Wildman–Crippen LogP) is 3.67. The molecule has 0 unspecified atom stereocenters. The van der Waals surface area contributed by atoms with Gasteiger partial charge in [-0.3, -0.25) is 14.2 Å². The Labute approximate surface area is 184 Å². The van der Waals surface area contributed by atoms with Gasteiger partial charge in [0.25, 0.3) is 5.56 Å². The average Bonchev–Trinajstić information content (AvgIpc) is 3.19. The first kappa shape index (κ1) is 20.8. The van der Waals surface area contributed by atoms with Crippen molar-refractivity contribution in [2.24, 2.45) is 0 Å². The van der Waals surface area contributed by atoms with Crippen LogP contribution in [0.1, 0.15) is 19.4 Å². The second-order valence-electron chi connectivity index (χ2n) is 7.55. The summed E-state index contributed by atoms with van der Waals surface area (Å²) in [5, 5.41) is 5.20. The number of benzene rings is 2. The largest absolute Gasteiger partial charge is 0.334 e.